The third-order valence-electron chi connectivity index (χ3n) is 10.7. The van der Waals surface area contributed by atoms with Crippen molar-refractivity contribution in [3.63, 3.8) is 0 Å². The van der Waals surface area contributed by atoms with Crippen LogP contribution >= 0.6 is 0 Å². The Labute approximate surface area is 193 Å². The Morgan fingerprint density at radius 3 is 2.66 bits per heavy atom. The predicted octanol–water partition coefficient (Wildman–Crippen LogP) is 5.98. The number of phenols is 1. The van der Waals surface area contributed by atoms with Crippen molar-refractivity contribution in [2.45, 2.75) is 83.7 Å². The van der Waals surface area contributed by atoms with Gasteiger partial charge in [-0.25, -0.2) is 0 Å². The summed E-state index contributed by atoms with van der Waals surface area (Å²) in [5.41, 5.74) is 0.364. The molecular formula is C28H41NO3. The zero-order valence-corrected chi connectivity index (χ0v) is 20.1. The first-order chi connectivity index (χ1) is 15.3. The molecule has 0 amide bonds. The fraction of sp³-hybridized carbons (Fsp3) is 0.750. The number of hydrogen-bond donors (Lipinski definition) is 2. The quantitative estimate of drug-likeness (QED) is 0.567. The van der Waals surface area contributed by atoms with Gasteiger partial charge in [0.1, 0.15) is 0 Å². The Bertz CT molecular complexity index is 883. The molecule has 0 radical (unpaired) electrons. The SMILES string of the molecule is COc1cccc(C=NC[C@]2(O)CC[C@@H]3[C@@H]4CC[C@H]5CCCC[C@]5(C)[C@H]4CC[C@@]32C)c1O. The molecule has 0 unspecified atom stereocenters. The maximum atomic E-state index is 11.9. The highest BCUT2D eigenvalue weighted by molar-refractivity contribution is 5.84. The number of para-hydroxylation sites is 1. The molecule has 0 aliphatic heterocycles. The van der Waals surface area contributed by atoms with Gasteiger partial charge in [-0.1, -0.05) is 32.8 Å². The molecule has 0 saturated heterocycles. The van der Waals surface area contributed by atoms with Gasteiger partial charge >= 0.3 is 0 Å². The molecule has 176 valence electrons. The van der Waals surface area contributed by atoms with Crippen molar-refractivity contribution in [2.24, 2.45) is 39.5 Å². The molecule has 4 aliphatic carbocycles. The van der Waals surface area contributed by atoms with E-state index in [1.807, 2.05) is 12.1 Å². The van der Waals surface area contributed by atoms with E-state index in [1.54, 1.807) is 19.4 Å². The van der Waals surface area contributed by atoms with Crippen LogP contribution in [0, 0.1) is 34.5 Å². The number of benzene rings is 1. The summed E-state index contributed by atoms with van der Waals surface area (Å²) in [4.78, 5) is 4.66. The van der Waals surface area contributed by atoms with Crippen molar-refractivity contribution < 1.29 is 14.9 Å². The lowest BCUT2D eigenvalue weighted by Crippen LogP contribution is -2.56. The third kappa shape index (κ3) is 3.23. The van der Waals surface area contributed by atoms with Crippen molar-refractivity contribution in [1.29, 1.82) is 0 Å². The number of hydrogen-bond acceptors (Lipinski definition) is 4. The van der Waals surface area contributed by atoms with E-state index >= 15 is 0 Å². The zero-order chi connectivity index (χ0) is 22.6. The van der Waals surface area contributed by atoms with Crippen LogP contribution in [0.15, 0.2) is 23.2 Å². The van der Waals surface area contributed by atoms with Gasteiger partial charge in [0.25, 0.3) is 0 Å². The standard InChI is InChI=1S/C28H41NO3/c1-26-14-5-4-8-20(26)10-11-21-22(26)12-15-27(2)23(21)13-16-28(27,31)18-29-17-19-7-6-9-24(32-3)25(19)30/h6-7,9,17,20-23,30-31H,4-5,8,10-16,18H2,1-3H3/t20-,21-,22+,23-,26+,27+,28-/m1/s1. The van der Waals surface area contributed by atoms with E-state index in [0.717, 1.165) is 37.0 Å². The summed E-state index contributed by atoms with van der Waals surface area (Å²) in [6, 6.07) is 5.42. The van der Waals surface area contributed by atoms with Gasteiger partial charge in [-0.3, -0.25) is 4.99 Å². The van der Waals surface area contributed by atoms with Crippen LogP contribution in [0.3, 0.4) is 0 Å². The number of nitrogens with zero attached hydrogens (tertiary/aromatic N) is 1. The molecule has 5 rings (SSSR count). The molecule has 7 atom stereocenters. The van der Waals surface area contributed by atoms with E-state index in [2.05, 4.69) is 18.8 Å². The zero-order valence-electron chi connectivity index (χ0n) is 20.1. The first kappa shape index (κ1) is 22.3. The Kier molecular flexibility index (Phi) is 5.59. The van der Waals surface area contributed by atoms with Crippen LogP contribution in [-0.2, 0) is 0 Å². The van der Waals surface area contributed by atoms with Crippen LogP contribution in [-0.4, -0.2) is 35.7 Å². The number of aliphatic hydroxyl groups is 1. The largest absolute Gasteiger partial charge is 0.504 e. The molecule has 4 heteroatoms. The molecule has 0 heterocycles. The van der Waals surface area contributed by atoms with Gasteiger partial charge in [0.05, 0.1) is 19.3 Å². The Morgan fingerprint density at radius 2 is 1.84 bits per heavy atom. The average molecular weight is 440 g/mol. The van der Waals surface area contributed by atoms with Crippen LogP contribution in [0.1, 0.15) is 83.6 Å². The first-order valence-corrected chi connectivity index (χ1v) is 12.9. The highest BCUT2D eigenvalue weighted by atomic mass is 16.5. The van der Waals surface area contributed by atoms with Gasteiger partial charge in [-0.15, -0.1) is 0 Å². The summed E-state index contributed by atoms with van der Waals surface area (Å²) in [5.74, 6) is 3.73. The monoisotopic (exact) mass is 439 g/mol. The number of aromatic hydroxyl groups is 1. The molecule has 0 bridgehead atoms. The van der Waals surface area contributed by atoms with Gasteiger partial charge in [-0.2, -0.15) is 0 Å². The third-order valence-corrected chi connectivity index (χ3v) is 10.7. The van der Waals surface area contributed by atoms with Crippen molar-refractivity contribution >= 4 is 6.21 Å². The number of phenolic OH excluding ortho intramolecular Hbond substituents is 1. The predicted molar refractivity (Wildman–Crippen MR) is 128 cm³/mol. The Balaban J connectivity index is 1.34. The molecule has 4 aliphatic rings. The summed E-state index contributed by atoms with van der Waals surface area (Å²) < 4.78 is 5.21. The molecule has 32 heavy (non-hydrogen) atoms. The Hall–Kier alpha value is -1.55. The minimum absolute atomic E-state index is 0.0558. The van der Waals surface area contributed by atoms with E-state index in [4.69, 9.17) is 4.74 Å². The van der Waals surface area contributed by atoms with E-state index in [-0.39, 0.29) is 11.2 Å². The van der Waals surface area contributed by atoms with Crippen LogP contribution in [0.25, 0.3) is 0 Å². The fourth-order valence-electron chi connectivity index (χ4n) is 8.77. The molecule has 1 aromatic rings. The van der Waals surface area contributed by atoms with Gasteiger partial charge in [0, 0.05) is 17.2 Å². The van der Waals surface area contributed by atoms with Gasteiger partial charge in [-0.05, 0) is 92.6 Å². The normalized spacial score (nSPS) is 43.5. The number of rotatable bonds is 4. The van der Waals surface area contributed by atoms with E-state index in [0.29, 0.717) is 29.2 Å². The topological polar surface area (TPSA) is 62.0 Å². The number of fused-ring (bicyclic) bond motifs is 5. The van der Waals surface area contributed by atoms with Gasteiger partial charge < -0.3 is 14.9 Å². The molecule has 4 fully saturated rings. The summed E-state index contributed by atoms with van der Waals surface area (Å²) >= 11 is 0. The van der Waals surface area contributed by atoms with Crippen molar-refractivity contribution in [3.05, 3.63) is 23.8 Å². The highest BCUT2D eigenvalue weighted by Crippen LogP contribution is 2.68. The van der Waals surface area contributed by atoms with Crippen molar-refractivity contribution in [1.82, 2.24) is 0 Å². The second kappa shape index (κ2) is 8.04. The summed E-state index contributed by atoms with van der Waals surface area (Å²) in [7, 11) is 1.55. The van der Waals surface area contributed by atoms with Crippen LogP contribution in [0.2, 0.25) is 0 Å². The lowest BCUT2D eigenvalue weighted by molar-refractivity contribution is -0.147. The summed E-state index contributed by atoms with van der Waals surface area (Å²) in [5, 5.41) is 22.2. The number of ether oxygens (including phenoxy) is 1. The van der Waals surface area contributed by atoms with Gasteiger partial charge in [0.15, 0.2) is 11.5 Å². The fourth-order valence-corrected chi connectivity index (χ4v) is 8.77. The molecular weight excluding hydrogens is 398 g/mol. The second-order valence-corrected chi connectivity index (χ2v) is 11.8. The lowest BCUT2D eigenvalue weighted by atomic mass is 9.44. The number of aliphatic imine (C=N–C) groups is 1. The smallest absolute Gasteiger partial charge is 0.166 e. The minimum Gasteiger partial charge on any atom is -0.504 e. The maximum Gasteiger partial charge on any atom is 0.166 e. The van der Waals surface area contributed by atoms with E-state index in [9.17, 15) is 10.2 Å². The van der Waals surface area contributed by atoms with Crippen molar-refractivity contribution in [3.8, 4) is 11.5 Å². The Morgan fingerprint density at radius 1 is 1.03 bits per heavy atom. The first-order valence-electron chi connectivity index (χ1n) is 12.9. The molecule has 1 aromatic carbocycles. The molecule has 0 aromatic heterocycles. The van der Waals surface area contributed by atoms with Crippen LogP contribution < -0.4 is 4.74 Å². The lowest BCUT2D eigenvalue weighted by Gasteiger charge is -2.61. The second-order valence-electron chi connectivity index (χ2n) is 11.8. The van der Waals surface area contributed by atoms with Crippen molar-refractivity contribution in [2.75, 3.05) is 13.7 Å². The molecule has 4 nitrogen and oxygen atoms in total. The van der Waals surface area contributed by atoms with Crippen LogP contribution in [0.4, 0.5) is 0 Å². The molecule has 0 spiro atoms. The summed E-state index contributed by atoms with van der Waals surface area (Å²) in [6.45, 7) is 5.38. The maximum absolute atomic E-state index is 11.9. The van der Waals surface area contributed by atoms with Gasteiger partial charge in [0.2, 0.25) is 0 Å². The van der Waals surface area contributed by atoms with E-state index < -0.39 is 5.60 Å². The van der Waals surface area contributed by atoms with E-state index in [1.165, 1.54) is 44.9 Å². The number of methoxy groups -OCH3 is 1. The highest BCUT2D eigenvalue weighted by Gasteiger charge is 2.64. The minimum atomic E-state index is -0.752. The van der Waals surface area contributed by atoms with Crippen LogP contribution in [0.5, 0.6) is 11.5 Å². The summed E-state index contributed by atoms with van der Waals surface area (Å²) in [6.07, 6.45) is 14.5. The molecule has 4 saturated carbocycles. The molecule has 2 N–H and O–H groups in total. The average Bonchev–Trinajstić information content (AvgIpc) is 3.05.